The second-order valence-electron chi connectivity index (χ2n) is 7.01. The molecule has 0 amide bonds. The number of hydrogen-bond donors (Lipinski definition) is 1. The van der Waals surface area contributed by atoms with Crippen LogP contribution >= 0.6 is 0 Å². The zero-order valence-electron chi connectivity index (χ0n) is 14.5. The molecule has 2 nitrogen and oxygen atoms in total. The maximum Gasteiger partial charge on any atom is 0.310 e. The van der Waals surface area contributed by atoms with Crippen LogP contribution in [-0.4, -0.2) is 11.1 Å². The van der Waals surface area contributed by atoms with E-state index in [0.717, 1.165) is 25.7 Å². The first-order valence-electron chi connectivity index (χ1n) is 9.38. The van der Waals surface area contributed by atoms with Crippen molar-refractivity contribution in [1.82, 2.24) is 0 Å². The van der Waals surface area contributed by atoms with Gasteiger partial charge in [0.25, 0.3) is 0 Å². The van der Waals surface area contributed by atoms with Gasteiger partial charge in [-0.05, 0) is 31.1 Å². The van der Waals surface area contributed by atoms with Gasteiger partial charge in [-0.3, -0.25) is 4.79 Å². The zero-order chi connectivity index (χ0) is 15.7. The molecule has 0 spiro atoms. The van der Waals surface area contributed by atoms with Crippen LogP contribution in [0.5, 0.6) is 0 Å². The molecule has 0 radical (unpaired) electrons. The molecule has 1 fully saturated rings. The van der Waals surface area contributed by atoms with E-state index >= 15 is 0 Å². The van der Waals surface area contributed by atoms with E-state index in [0.29, 0.717) is 11.8 Å². The maximum atomic E-state index is 12.0. The predicted octanol–water partition coefficient (Wildman–Crippen LogP) is 6.04. The molecule has 0 saturated heterocycles. The van der Waals surface area contributed by atoms with Gasteiger partial charge in [0.1, 0.15) is 0 Å². The molecule has 0 aliphatic heterocycles. The minimum Gasteiger partial charge on any atom is -0.481 e. The largest absolute Gasteiger partial charge is 0.481 e. The van der Waals surface area contributed by atoms with E-state index in [1.807, 2.05) is 0 Å². The van der Waals surface area contributed by atoms with Gasteiger partial charge in [-0.25, -0.2) is 0 Å². The second kappa shape index (κ2) is 9.48. The SMILES string of the molecule is CCCCCC1C(CCCCC)C1(CCCCC)C(=O)O. The first kappa shape index (κ1) is 18.5. The molecule has 1 aliphatic rings. The summed E-state index contributed by atoms with van der Waals surface area (Å²) in [5.74, 6) is 0.437. The van der Waals surface area contributed by atoms with Gasteiger partial charge in [0.15, 0.2) is 0 Å². The Hall–Kier alpha value is -0.530. The molecule has 1 N–H and O–H groups in total. The summed E-state index contributed by atoms with van der Waals surface area (Å²) in [7, 11) is 0. The zero-order valence-corrected chi connectivity index (χ0v) is 14.5. The number of aliphatic carboxylic acids is 1. The minimum absolute atomic E-state index is 0.351. The van der Waals surface area contributed by atoms with Crippen molar-refractivity contribution >= 4 is 5.97 Å². The van der Waals surface area contributed by atoms with Crippen LogP contribution in [0, 0.1) is 17.3 Å². The summed E-state index contributed by atoms with van der Waals surface area (Å²) in [4.78, 5) is 12.0. The standard InChI is InChI=1S/C19H36O2/c1-4-7-10-13-16-17(14-11-8-5-2)19(16,18(20)21)15-12-9-6-3/h16-17H,4-15H2,1-3H3,(H,20,21). The molecule has 0 aromatic carbocycles. The topological polar surface area (TPSA) is 37.3 Å². The Morgan fingerprint density at radius 1 is 0.810 bits per heavy atom. The van der Waals surface area contributed by atoms with E-state index in [1.54, 1.807) is 0 Å². The average molecular weight is 296 g/mol. The first-order chi connectivity index (χ1) is 10.1. The van der Waals surface area contributed by atoms with Crippen molar-refractivity contribution in [3.8, 4) is 0 Å². The molecule has 124 valence electrons. The van der Waals surface area contributed by atoms with Gasteiger partial charge in [0, 0.05) is 0 Å². The third-order valence-corrected chi connectivity index (χ3v) is 5.53. The second-order valence-corrected chi connectivity index (χ2v) is 7.01. The Kier molecular flexibility index (Phi) is 8.36. The molecule has 1 saturated carbocycles. The lowest BCUT2D eigenvalue weighted by Crippen LogP contribution is -2.19. The molecule has 0 aromatic rings. The van der Waals surface area contributed by atoms with E-state index in [-0.39, 0.29) is 5.41 Å². The van der Waals surface area contributed by atoms with Crippen LogP contribution in [0.25, 0.3) is 0 Å². The van der Waals surface area contributed by atoms with Crippen LogP contribution in [-0.2, 0) is 4.79 Å². The van der Waals surface area contributed by atoms with Crippen molar-refractivity contribution in [3.63, 3.8) is 0 Å². The van der Waals surface area contributed by atoms with E-state index < -0.39 is 5.97 Å². The summed E-state index contributed by atoms with van der Waals surface area (Å²) in [5.41, 5.74) is -0.351. The van der Waals surface area contributed by atoms with Gasteiger partial charge in [-0.1, -0.05) is 78.6 Å². The summed E-state index contributed by atoms with van der Waals surface area (Å²) in [6, 6.07) is 0. The molecule has 2 heteroatoms. The lowest BCUT2D eigenvalue weighted by atomic mass is 9.91. The summed E-state index contributed by atoms with van der Waals surface area (Å²) in [6.45, 7) is 6.63. The van der Waals surface area contributed by atoms with Gasteiger partial charge in [0.05, 0.1) is 5.41 Å². The molecule has 2 atom stereocenters. The molecule has 0 bridgehead atoms. The molecule has 2 unspecified atom stereocenters. The van der Waals surface area contributed by atoms with Crippen LogP contribution in [0.4, 0.5) is 0 Å². The lowest BCUT2D eigenvalue weighted by molar-refractivity contribution is -0.145. The summed E-state index contributed by atoms with van der Waals surface area (Å²) in [5, 5.41) is 9.86. The third kappa shape index (κ3) is 4.72. The predicted molar refractivity (Wildman–Crippen MR) is 89.5 cm³/mol. The smallest absolute Gasteiger partial charge is 0.310 e. The Morgan fingerprint density at radius 3 is 1.62 bits per heavy atom. The van der Waals surface area contributed by atoms with Gasteiger partial charge in [-0.2, -0.15) is 0 Å². The van der Waals surface area contributed by atoms with Gasteiger partial charge in [-0.15, -0.1) is 0 Å². The minimum atomic E-state index is -0.499. The number of rotatable bonds is 13. The maximum absolute atomic E-state index is 12.0. The fourth-order valence-electron chi connectivity index (χ4n) is 4.21. The van der Waals surface area contributed by atoms with Crippen molar-refractivity contribution in [2.75, 3.05) is 0 Å². The highest BCUT2D eigenvalue weighted by atomic mass is 16.4. The van der Waals surface area contributed by atoms with E-state index in [4.69, 9.17) is 0 Å². The highest BCUT2D eigenvalue weighted by molar-refractivity contribution is 5.79. The fraction of sp³-hybridized carbons (Fsp3) is 0.947. The van der Waals surface area contributed by atoms with Gasteiger partial charge in [0.2, 0.25) is 0 Å². The van der Waals surface area contributed by atoms with Crippen molar-refractivity contribution in [3.05, 3.63) is 0 Å². The summed E-state index contributed by atoms with van der Waals surface area (Å²) < 4.78 is 0. The molecular formula is C19H36O2. The normalized spacial score (nSPS) is 27.8. The number of carboxylic acids is 1. The van der Waals surface area contributed by atoms with E-state index in [1.165, 1.54) is 51.4 Å². The number of carboxylic acid groups (broad SMARTS) is 1. The highest BCUT2D eigenvalue weighted by Crippen LogP contribution is 2.66. The van der Waals surface area contributed by atoms with Crippen LogP contribution in [0.15, 0.2) is 0 Å². The highest BCUT2D eigenvalue weighted by Gasteiger charge is 2.67. The van der Waals surface area contributed by atoms with Crippen molar-refractivity contribution in [1.29, 1.82) is 0 Å². The summed E-state index contributed by atoms with van der Waals surface area (Å²) in [6.07, 6.45) is 14.0. The fourth-order valence-corrected chi connectivity index (χ4v) is 4.21. The van der Waals surface area contributed by atoms with Crippen molar-refractivity contribution in [2.24, 2.45) is 17.3 Å². The van der Waals surface area contributed by atoms with Gasteiger partial charge < -0.3 is 5.11 Å². The Balaban J connectivity index is 2.61. The van der Waals surface area contributed by atoms with Crippen LogP contribution in [0.1, 0.15) is 97.8 Å². The monoisotopic (exact) mass is 296 g/mol. The Morgan fingerprint density at radius 2 is 1.24 bits per heavy atom. The Labute approximate surface area is 131 Å². The summed E-state index contributed by atoms with van der Waals surface area (Å²) >= 11 is 0. The number of hydrogen-bond acceptors (Lipinski definition) is 1. The van der Waals surface area contributed by atoms with E-state index in [2.05, 4.69) is 20.8 Å². The van der Waals surface area contributed by atoms with Gasteiger partial charge >= 0.3 is 5.97 Å². The molecule has 21 heavy (non-hydrogen) atoms. The Bertz CT molecular complexity index is 282. The molecule has 1 aliphatic carbocycles. The molecular weight excluding hydrogens is 260 g/mol. The van der Waals surface area contributed by atoms with Crippen LogP contribution in [0.3, 0.4) is 0 Å². The average Bonchev–Trinajstić information content (AvgIpc) is 3.08. The first-order valence-corrected chi connectivity index (χ1v) is 9.38. The molecule has 1 rings (SSSR count). The lowest BCUT2D eigenvalue weighted by Gasteiger charge is -2.13. The number of carbonyl (C=O) groups is 1. The molecule has 0 heterocycles. The quantitative estimate of drug-likeness (QED) is 0.420. The van der Waals surface area contributed by atoms with Crippen LogP contribution in [0.2, 0.25) is 0 Å². The third-order valence-electron chi connectivity index (χ3n) is 5.53. The molecule has 0 aromatic heterocycles. The van der Waals surface area contributed by atoms with Crippen molar-refractivity contribution in [2.45, 2.75) is 97.8 Å². The van der Waals surface area contributed by atoms with Crippen molar-refractivity contribution < 1.29 is 9.90 Å². The van der Waals surface area contributed by atoms with Crippen LogP contribution < -0.4 is 0 Å². The van der Waals surface area contributed by atoms with E-state index in [9.17, 15) is 9.90 Å². The number of unbranched alkanes of at least 4 members (excludes halogenated alkanes) is 6.